The fourth-order valence-electron chi connectivity index (χ4n) is 1.87. The van der Waals surface area contributed by atoms with E-state index >= 15 is 0 Å². The Morgan fingerprint density at radius 2 is 2.00 bits per heavy atom. The fourth-order valence-corrected chi connectivity index (χ4v) is 1.87. The zero-order valence-electron chi connectivity index (χ0n) is 10.9. The second-order valence-corrected chi connectivity index (χ2v) is 4.90. The minimum Gasteiger partial charge on any atom is -0.392 e. The second-order valence-electron chi connectivity index (χ2n) is 4.90. The van der Waals surface area contributed by atoms with Crippen LogP contribution in [0.4, 0.5) is 0 Å². The van der Waals surface area contributed by atoms with Crippen molar-refractivity contribution < 1.29 is 10.2 Å². The highest BCUT2D eigenvalue weighted by Crippen LogP contribution is 2.09. The van der Waals surface area contributed by atoms with E-state index < -0.39 is 12.3 Å². The van der Waals surface area contributed by atoms with Crippen LogP contribution in [-0.2, 0) is 0 Å². The molecule has 0 aromatic carbocycles. The molecular weight excluding hydrogens is 216 g/mol. The van der Waals surface area contributed by atoms with Gasteiger partial charge in [-0.15, -0.1) is 0 Å². The summed E-state index contributed by atoms with van der Waals surface area (Å²) in [4.78, 5) is 0. The number of allylic oxidation sites excluding steroid dienone is 1. The van der Waals surface area contributed by atoms with Crippen LogP contribution in [0.2, 0.25) is 0 Å². The first kappa shape index (κ1) is 14.6. The summed E-state index contributed by atoms with van der Waals surface area (Å²) in [5.41, 5.74) is 0.986. The van der Waals surface area contributed by atoms with Gasteiger partial charge in [0.15, 0.2) is 0 Å². The summed E-state index contributed by atoms with van der Waals surface area (Å²) < 4.78 is 0. The van der Waals surface area contributed by atoms with Crippen molar-refractivity contribution in [3.05, 3.63) is 11.6 Å². The molecule has 1 rings (SSSR count). The van der Waals surface area contributed by atoms with Gasteiger partial charge in [0.2, 0.25) is 0 Å². The largest absolute Gasteiger partial charge is 0.392 e. The molecule has 0 spiro atoms. The Balaban J connectivity index is 2.49. The molecule has 0 saturated heterocycles. The molecule has 4 N–H and O–H groups in total. The maximum absolute atomic E-state index is 10.1. The first-order valence-corrected chi connectivity index (χ1v) is 6.63. The molecule has 4 heteroatoms. The predicted octanol–water partition coefficient (Wildman–Crippen LogP) is 0.754. The highest BCUT2D eigenvalue weighted by Gasteiger charge is 2.16. The van der Waals surface area contributed by atoms with E-state index in [1.807, 2.05) is 6.92 Å². The van der Waals surface area contributed by atoms with Crippen LogP contribution >= 0.6 is 0 Å². The molecule has 1 aliphatic rings. The van der Waals surface area contributed by atoms with Crippen LogP contribution < -0.4 is 10.6 Å². The quantitative estimate of drug-likeness (QED) is 0.434. The van der Waals surface area contributed by atoms with Gasteiger partial charge in [0.05, 0.1) is 6.10 Å². The molecule has 0 aliphatic carbocycles. The third kappa shape index (κ3) is 5.64. The van der Waals surface area contributed by atoms with E-state index in [1.54, 1.807) is 6.92 Å². The van der Waals surface area contributed by atoms with Gasteiger partial charge in [0, 0.05) is 12.6 Å². The van der Waals surface area contributed by atoms with Crippen molar-refractivity contribution in [3.63, 3.8) is 0 Å². The van der Waals surface area contributed by atoms with Gasteiger partial charge in [-0.1, -0.05) is 12.5 Å². The number of rotatable bonds is 4. The number of hydrogen-bond donors (Lipinski definition) is 4. The Bertz CT molecular complexity index is 242. The summed E-state index contributed by atoms with van der Waals surface area (Å²) in [6.07, 6.45) is 5.65. The average Bonchev–Trinajstić information content (AvgIpc) is 2.41. The van der Waals surface area contributed by atoms with Gasteiger partial charge in [0.1, 0.15) is 6.23 Å². The molecule has 0 aromatic heterocycles. The van der Waals surface area contributed by atoms with E-state index in [-0.39, 0.29) is 6.04 Å². The topological polar surface area (TPSA) is 64.5 Å². The van der Waals surface area contributed by atoms with Crippen molar-refractivity contribution in [2.24, 2.45) is 0 Å². The Hall–Kier alpha value is -0.420. The molecule has 1 aliphatic heterocycles. The Morgan fingerprint density at radius 1 is 1.24 bits per heavy atom. The van der Waals surface area contributed by atoms with E-state index in [0.29, 0.717) is 0 Å². The van der Waals surface area contributed by atoms with Crippen molar-refractivity contribution in [2.75, 3.05) is 13.1 Å². The standard InChI is InChI=1S/C13H26N2O2/c1-10(11(2)16)15-13(17)12-7-5-3-4-6-8-14-9-12/h7,10-11,13-17H,3-6,8-9H2,1-2H3/b12-7+. The summed E-state index contributed by atoms with van der Waals surface area (Å²) in [5, 5.41) is 25.8. The summed E-state index contributed by atoms with van der Waals surface area (Å²) in [6, 6.07) is -0.112. The van der Waals surface area contributed by atoms with Crippen LogP contribution in [-0.4, -0.2) is 41.7 Å². The van der Waals surface area contributed by atoms with E-state index in [9.17, 15) is 10.2 Å². The molecule has 0 fully saturated rings. The van der Waals surface area contributed by atoms with Crippen molar-refractivity contribution in [3.8, 4) is 0 Å². The van der Waals surface area contributed by atoms with Crippen molar-refractivity contribution in [2.45, 2.75) is 57.9 Å². The molecular formula is C13H26N2O2. The minimum absolute atomic E-state index is 0.112. The van der Waals surface area contributed by atoms with E-state index in [0.717, 1.165) is 25.1 Å². The lowest BCUT2D eigenvalue weighted by atomic mass is 10.1. The average molecular weight is 242 g/mol. The maximum Gasteiger partial charge on any atom is 0.128 e. The van der Waals surface area contributed by atoms with Crippen molar-refractivity contribution >= 4 is 0 Å². The number of nitrogens with one attached hydrogen (secondary N) is 2. The number of aliphatic hydroxyl groups excluding tert-OH is 2. The lowest BCUT2D eigenvalue weighted by molar-refractivity contribution is 0.0966. The molecule has 3 atom stereocenters. The number of hydrogen-bond acceptors (Lipinski definition) is 4. The van der Waals surface area contributed by atoms with E-state index in [2.05, 4.69) is 16.7 Å². The van der Waals surface area contributed by atoms with Gasteiger partial charge < -0.3 is 15.5 Å². The van der Waals surface area contributed by atoms with Crippen LogP contribution in [0.1, 0.15) is 39.5 Å². The lowest BCUT2D eigenvalue weighted by Crippen LogP contribution is -2.44. The zero-order chi connectivity index (χ0) is 12.7. The van der Waals surface area contributed by atoms with Crippen molar-refractivity contribution in [1.82, 2.24) is 10.6 Å². The SMILES string of the molecule is CC(O)C(C)NC(O)/C1=C/CCCCCNC1. The van der Waals surface area contributed by atoms with Gasteiger partial charge in [-0.3, -0.25) is 5.32 Å². The summed E-state index contributed by atoms with van der Waals surface area (Å²) in [7, 11) is 0. The summed E-state index contributed by atoms with van der Waals surface area (Å²) in [5.74, 6) is 0. The number of aliphatic hydroxyl groups is 2. The Kier molecular flexibility index (Phi) is 6.73. The molecule has 3 unspecified atom stereocenters. The second kappa shape index (κ2) is 7.82. The molecule has 4 nitrogen and oxygen atoms in total. The van der Waals surface area contributed by atoms with Crippen LogP contribution in [0.25, 0.3) is 0 Å². The normalized spacial score (nSPS) is 26.9. The third-order valence-corrected chi connectivity index (χ3v) is 3.29. The Morgan fingerprint density at radius 3 is 2.71 bits per heavy atom. The van der Waals surface area contributed by atoms with Gasteiger partial charge in [-0.2, -0.15) is 0 Å². The van der Waals surface area contributed by atoms with Crippen LogP contribution in [0, 0.1) is 0 Å². The monoisotopic (exact) mass is 242 g/mol. The van der Waals surface area contributed by atoms with Gasteiger partial charge in [-0.05, 0) is 45.2 Å². The molecule has 1 heterocycles. The highest BCUT2D eigenvalue weighted by molar-refractivity contribution is 5.10. The van der Waals surface area contributed by atoms with Crippen LogP contribution in [0.3, 0.4) is 0 Å². The molecule has 0 aromatic rings. The fraction of sp³-hybridized carbons (Fsp3) is 0.846. The van der Waals surface area contributed by atoms with E-state index in [1.165, 1.54) is 19.3 Å². The predicted molar refractivity (Wildman–Crippen MR) is 69.7 cm³/mol. The first-order chi connectivity index (χ1) is 8.11. The van der Waals surface area contributed by atoms with Crippen LogP contribution in [0.15, 0.2) is 11.6 Å². The first-order valence-electron chi connectivity index (χ1n) is 6.63. The molecule has 100 valence electrons. The molecule has 17 heavy (non-hydrogen) atoms. The highest BCUT2D eigenvalue weighted by atomic mass is 16.3. The van der Waals surface area contributed by atoms with Crippen molar-refractivity contribution in [1.29, 1.82) is 0 Å². The molecule has 0 radical (unpaired) electrons. The Labute approximate surface area is 104 Å². The smallest absolute Gasteiger partial charge is 0.128 e. The van der Waals surface area contributed by atoms with Crippen LogP contribution in [0.5, 0.6) is 0 Å². The lowest BCUT2D eigenvalue weighted by Gasteiger charge is -2.23. The van der Waals surface area contributed by atoms with Gasteiger partial charge in [-0.25, -0.2) is 0 Å². The molecule has 0 bridgehead atoms. The zero-order valence-corrected chi connectivity index (χ0v) is 10.9. The summed E-state index contributed by atoms with van der Waals surface area (Å²) >= 11 is 0. The molecule has 0 amide bonds. The van der Waals surface area contributed by atoms with Gasteiger partial charge in [0.25, 0.3) is 0 Å². The third-order valence-electron chi connectivity index (χ3n) is 3.29. The van der Waals surface area contributed by atoms with E-state index in [4.69, 9.17) is 0 Å². The maximum atomic E-state index is 10.1. The summed E-state index contributed by atoms with van der Waals surface area (Å²) in [6.45, 7) is 5.33. The molecule has 0 saturated carbocycles. The minimum atomic E-state index is -0.662. The van der Waals surface area contributed by atoms with Gasteiger partial charge >= 0.3 is 0 Å².